The van der Waals surface area contributed by atoms with Gasteiger partial charge in [0.1, 0.15) is 0 Å². The number of halogens is 1. The van der Waals surface area contributed by atoms with E-state index >= 15 is 0 Å². The van der Waals surface area contributed by atoms with Crippen molar-refractivity contribution in [2.75, 3.05) is 6.54 Å². The molecule has 1 nitrogen and oxygen atoms in total. The van der Waals surface area contributed by atoms with Crippen molar-refractivity contribution >= 4 is 15.9 Å². The summed E-state index contributed by atoms with van der Waals surface area (Å²) in [4.78, 5) is 0. The summed E-state index contributed by atoms with van der Waals surface area (Å²) in [7, 11) is 0. The van der Waals surface area contributed by atoms with Crippen molar-refractivity contribution in [1.82, 2.24) is 5.32 Å². The van der Waals surface area contributed by atoms with Gasteiger partial charge in [0.25, 0.3) is 0 Å². The van der Waals surface area contributed by atoms with Gasteiger partial charge in [0, 0.05) is 10.5 Å². The van der Waals surface area contributed by atoms with Crippen molar-refractivity contribution in [2.45, 2.75) is 26.3 Å². The van der Waals surface area contributed by atoms with Crippen LogP contribution in [0, 0.1) is 0 Å². The Labute approximate surface area is 124 Å². The molecule has 0 amide bonds. The van der Waals surface area contributed by atoms with Gasteiger partial charge in [-0.05, 0) is 42.6 Å². The Morgan fingerprint density at radius 2 is 1.63 bits per heavy atom. The van der Waals surface area contributed by atoms with Gasteiger partial charge in [0.15, 0.2) is 0 Å². The van der Waals surface area contributed by atoms with E-state index in [9.17, 15) is 0 Å². The fourth-order valence-corrected chi connectivity index (χ4v) is 2.77. The minimum atomic E-state index is 0.364. The Hall–Kier alpha value is -1.12. The second-order valence-corrected chi connectivity index (χ2v) is 5.60. The van der Waals surface area contributed by atoms with Crippen molar-refractivity contribution < 1.29 is 0 Å². The van der Waals surface area contributed by atoms with Crippen LogP contribution >= 0.6 is 15.9 Å². The number of hydrogen-bond donors (Lipinski definition) is 1. The molecule has 0 spiro atoms. The van der Waals surface area contributed by atoms with E-state index in [1.165, 1.54) is 16.7 Å². The van der Waals surface area contributed by atoms with Crippen LogP contribution in [-0.2, 0) is 0 Å². The summed E-state index contributed by atoms with van der Waals surface area (Å²) >= 11 is 3.65. The first-order chi connectivity index (χ1) is 9.24. The van der Waals surface area contributed by atoms with Gasteiger partial charge < -0.3 is 5.32 Å². The minimum absolute atomic E-state index is 0.364. The van der Waals surface area contributed by atoms with E-state index < -0.39 is 0 Å². The summed E-state index contributed by atoms with van der Waals surface area (Å²) in [6.45, 7) is 5.47. The highest BCUT2D eigenvalue weighted by Crippen LogP contribution is 2.33. The second-order valence-electron chi connectivity index (χ2n) is 4.74. The van der Waals surface area contributed by atoms with Gasteiger partial charge in [-0.2, -0.15) is 0 Å². The number of nitrogens with one attached hydrogen (secondary N) is 1. The van der Waals surface area contributed by atoms with Crippen LogP contribution in [0.15, 0.2) is 53.0 Å². The molecular weight excluding hydrogens is 298 g/mol. The number of hydrogen-bond acceptors (Lipinski definition) is 1. The van der Waals surface area contributed by atoms with Gasteiger partial charge in [-0.1, -0.05) is 65.3 Å². The normalized spacial score (nSPS) is 12.4. The van der Waals surface area contributed by atoms with E-state index in [-0.39, 0.29) is 0 Å². The highest BCUT2D eigenvalue weighted by molar-refractivity contribution is 9.10. The quantitative estimate of drug-likeness (QED) is 0.801. The third-order valence-corrected chi connectivity index (χ3v) is 3.98. The predicted octanol–water partition coefficient (Wildman–Crippen LogP) is 5.18. The fourth-order valence-electron chi connectivity index (χ4n) is 2.27. The molecule has 1 N–H and O–H groups in total. The summed E-state index contributed by atoms with van der Waals surface area (Å²) in [6, 6.07) is 17.4. The lowest BCUT2D eigenvalue weighted by Gasteiger charge is -2.18. The molecule has 0 bridgehead atoms. The van der Waals surface area contributed by atoms with Crippen LogP contribution in [0.3, 0.4) is 0 Å². The molecule has 0 saturated carbocycles. The van der Waals surface area contributed by atoms with Crippen LogP contribution < -0.4 is 5.32 Å². The van der Waals surface area contributed by atoms with Crippen molar-refractivity contribution in [2.24, 2.45) is 0 Å². The van der Waals surface area contributed by atoms with E-state index in [0.717, 1.165) is 17.4 Å². The molecule has 0 aromatic heterocycles. The van der Waals surface area contributed by atoms with Crippen LogP contribution in [0.25, 0.3) is 11.1 Å². The zero-order chi connectivity index (χ0) is 13.7. The summed E-state index contributed by atoms with van der Waals surface area (Å²) in [5, 5.41) is 3.56. The highest BCUT2D eigenvalue weighted by Gasteiger charge is 2.12. The summed E-state index contributed by atoms with van der Waals surface area (Å²) in [6.07, 6.45) is 1.15. The largest absolute Gasteiger partial charge is 0.310 e. The molecule has 2 rings (SSSR count). The lowest BCUT2D eigenvalue weighted by Crippen LogP contribution is -2.19. The molecule has 0 heterocycles. The molecule has 1 unspecified atom stereocenters. The molecule has 0 radical (unpaired) electrons. The van der Waals surface area contributed by atoms with Crippen LogP contribution in [0.4, 0.5) is 0 Å². The monoisotopic (exact) mass is 317 g/mol. The maximum Gasteiger partial charge on any atom is 0.0297 e. The SMILES string of the molecule is CCCNC(C)c1ccccc1-c1ccccc1Br. The standard InChI is InChI=1S/C17H20BrN/c1-3-12-19-13(2)14-8-4-5-9-15(14)16-10-6-7-11-17(16)18/h4-11,13,19H,3,12H2,1-2H3. The van der Waals surface area contributed by atoms with Crippen LogP contribution in [0.5, 0.6) is 0 Å². The van der Waals surface area contributed by atoms with Gasteiger partial charge in [-0.3, -0.25) is 0 Å². The smallest absolute Gasteiger partial charge is 0.0297 e. The van der Waals surface area contributed by atoms with Crippen LogP contribution in [0.2, 0.25) is 0 Å². The lowest BCUT2D eigenvalue weighted by atomic mass is 9.95. The Kier molecular flexibility index (Phi) is 5.17. The molecule has 0 aliphatic heterocycles. The fraction of sp³-hybridized carbons (Fsp3) is 0.294. The van der Waals surface area contributed by atoms with Gasteiger partial charge >= 0.3 is 0 Å². The maximum atomic E-state index is 3.65. The van der Waals surface area contributed by atoms with Gasteiger partial charge in [-0.15, -0.1) is 0 Å². The third-order valence-electron chi connectivity index (χ3n) is 3.29. The molecule has 1 atom stereocenters. The second kappa shape index (κ2) is 6.88. The number of benzene rings is 2. The van der Waals surface area contributed by atoms with E-state index in [1.807, 2.05) is 0 Å². The first kappa shape index (κ1) is 14.3. The van der Waals surface area contributed by atoms with Crippen LogP contribution in [-0.4, -0.2) is 6.54 Å². The molecule has 2 heteroatoms. The van der Waals surface area contributed by atoms with E-state index in [1.54, 1.807) is 0 Å². The molecule has 19 heavy (non-hydrogen) atoms. The van der Waals surface area contributed by atoms with E-state index in [2.05, 4.69) is 83.6 Å². The lowest BCUT2D eigenvalue weighted by molar-refractivity contribution is 0.571. The number of rotatable bonds is 5. The topological polar surface area (TPSA) is 12.0 Å². The van der Waals surface area contributed by atoms with Crippen molar-refractivity contribution in [3.63, 3.8) is 0 Å². The molecule has 2 aromatic carbocycles. The summed E-state index contributed by atoms with van der Waals surface area (Å²) in [5.74, 6) is 0. The molecule has 0 aliphatic carbocycles. The Morgan fingerprint density at radius 3 is 2.32 bits per heavy atom. The Balaban J connectivity index is 2.39. The van der Waals surface area contributed by atoms with E-state index in [4.69, 9.17) is 0 Å². The average molecular weight is 318 g/mol. The van der Waals surface area contributed by atoms with Crippen molar-refractivity contribution in [1.29, 1.82) is 0 Å². The minimum Gasteiger partial charge on any atom is -0.310 e. The molecule has 0 fully saturated rings. The van der Waals surface area contributed by atoms with Crippen molar-refractivity contribution in [3.05, 3.63) is 58.6 Å². The Morgan fingerprint density at radius 1 is 1.00 bits per heavy atom. The summed E-state index contributed by atoms with van der Waals surface area (Å²) in [5.41, 5.74) is 3.90. The zero-order valence-electron chi connectivity index (χ0n) is 11.5. The highest BCUT2D eigenvalue weighted by atomic mass is 79.9. The summed E-state index contributed by atoms with van der Waals surface area (Å²) < 4.78 is 1.14. The first-order valence-electron chi connectivity index (χ1n) is 6.81. The molecular formula is C17H20BrN. The van der Waals surface area contributed by atoms with Gasteiger partial charge in [0.2, 0.25) is 0 Å². The predicted molar refractivity (Wildman–Crippen MR) is 86.3 cm³/mol. The molecule has 0 saturated heterocycles. The van der Waals surface area contributed by atoms with E-state index in [0.29, 0.717) is 6.04 Å². The van der Waals surface area contributed by atoms with Crippen LogP contribution in [0.1, 0.15) is 31.9 Å². The molecule has 100 valence electrons. The van der Waals surface area contributed by atoms with Gasteiger partial charge in [-0.25, -0.2) is 0 Å². The molecule has 0 aliphatic rings. The average Bonchev–Trinajstić information content (AvgIpc) is 2.45. The van der Waals surface area contributed by atoms with Crippen molar-refractivity contribution in [3.8, 4) is 11.1 Å². The maximum absolute atomic E-state index is 3.65. The zero-order valence-corrected chi connectivity index (χ0v) is 13.1. The molecule has 2 aromatic rings. The Bertz CT molecular complexity index is 536. The third kappa shape index (κ3) is 3.46. The first-order valence-corrected chi connectivity index (χ1v) is 7.60. The van der Waals surface area contributed by atoms with Gasteiger partial charge in [0.05, 0.1) is 0 Å².